The van der Waals surface area contributed by atoms with Crippen LogP contribution in [0.25, 0.3) is 0 Å². The zero-order chi connectivity index (χ0) is 14.5. The van der Waals surface area contributed by atoms with Gasteiger partial charge in [-0.05, 0) is 18.2 Å². The number of benzene rings is 2. The molecule has 1 aliphatic rings. The number of hydrogen-bond acceptors (Lipinski definition) is 3. The van der Waals surface area contributed by atoms with Crippen LogP contribution in [0, 0.1) is 0 Å². The predicted molar refractivity (Wildman–Crippen MR) is 82.4 cm³/mol. The van der Waals surface area contributed by atoms with Gasteiger partial charge in [0.2, 0.25) is 5.91 Å². The number of para-hydroxylation sites is 2. The van der Waals surface area contributed by atoms with Gasteiger partial charge in [0.15, 0.2) is 0 Å². The van der Waals surface area contributed by atoms with Crippen molar-refractivity contribution in [3.63, 3.8) is 0 Å². The lowest BCUT2D eigenvalue weighted by Gasteiger charge is -2.26. The van der Waals surface area contributed by atoms with E-state index in [1.54, 1.807) is 0 Å². The molecule has 0 aliphatic carbocycles. The molecule has 1 atom stereocenters. The average molecular weight is 282 g/mol. The van der Waals surface area contributed by atoms with Gasteiger partial charge in [0.25, 0.3) is 0 Å². The van der Waals surface area contributed by atoms with Gasteiger partial charge in [-0.1, -0.05) is 36.4 Å². The van der Waals surface area contributed by atoms with Gasteiger partial charge >= 0.3 is 0 Å². The van der Waals surface area contributed by atoms with Crippen molar-refractivity contribution in [2.24, 2.45) is 0 Å². The van der Waals surface area contributed by atoms with Crippen LogP contribution in [-0.2, 0) is 4.79 Å². The summed E-state index contributed by atoms with van der Waals surface area (Å²) in [5.74, 6) is 0.870. The number of nitrogens with one attached hydrogen (secondary N) is 2. The van der Waals surface area contributed by atoms with E-state index < -0.39 is 0 Å². The third-order valence-electron chi connectivity index (χ3n) is 3.53. The van der Waals surface area contributed by atoms with E-state index in [-0.39, 0.29) is 18.5 Å². The number of ether oxygens (including phenoxy) is 1. The summed E-state index contributed by atoms with van der Waals surface area (Å²) in [4.78, 5) is 12.0. The van der Waals surface area contributed by atoms with Gasteiger partial charge < -0.3 is 15.4 Å². The van der Waals surface area contributed by atoms with E-state index in [2.05, 4.69) is 10.6 Å². The topological polar surface area (TPSA) is 50.4 Å². The Labute approximate surface area is 124 Å². The first-order valence-corrected chi connectivity index (χ1v) is 7.13. The fourth-order valence-electron chi connectivity index (χ4n) is 2.50. The maximum absolute atomic E-state index is 12.0. The Morgan fingerprint density at radius 3 is 2.71 bits per heavy atom. The van der Waals surface area contributed by atoms with Crippen molar-refractivity contribution in [1.82, 2.24) is 5.32 Å². The Kier molecular flexibility index (Phi) is 4.17. The summed E-state index contributed by atoms with van der Waals surface area (Å²) >= 11 is 0. The summed E-state index contributed by atoms with van der Waals surface area (Å²) in [6.07, 6.45) is 0.871. The fourth-order valence-corrected chi connectivity index (χ4v) is 2.50. The minimum absolute atomic E-state index is 0.0369. The van der Waals surface area contributed by atoms with E-state index in [9.17, 15) is 4.79 Å². The number of rotatable bonds is 4. The Balaban J connectivity index is 1.57. The molecular formula is C17H18N2O2. The summed E-state index contributed by atoms with van der Waals surface area (Å²) < 4.78 is 5.62. The number of hydrogen-bond donors (Lipinski definition) is 2. The van der Waals surface area contributed by atoms with Gasteiger partial charge in [0.05, 0.1) is 13.2 Å². The smallest absolute Gasteiger partial charge is 0.238 e. The van der Waals surface area contributed by atoms with E-state index in [4.69, 9.17) is 4.74 Å². The summed E-state index contributed by atoms with van der Waals surface area (Å²) in [5.41, 5.74) is 1.94. The molecule has 0 saturated carbocycles. The average Bonchev–Trinajstić information content (AvgIpc) is 2.54. The van der Waals surface area contributed by atoms with Gasteiger partial charge in [-0.3, -0.25) is 4.79 Å². The number of anilines is 1. The molecule has 4 nitrogen and oxygen atoms in total. The van der Waals surface area contributed by atoms with Crippen LogP contribution in [0.3, 0.4) is 0 Å². The van der Waals surface area contributed by atoms with E-state index in [1.165, 1.54) is 0 Å². The van der Waals surface area contributed by atoms with Crippen LogP contribution in [0.2, 0.25) is 0 Å². The standard InChI is InChI=1S/C17H18N2O2/c20-17(19-13-6-2-1-3-7-13)12-18-15-10-11-21-16-9-5-4-8-14(15)16/h1-9,15,18H,10-12H2,(H,19,20). The highest BCUT2D eigenvalue weighted by Crippen LogP contribution is 2.31. The summed E-state index contributed by atoms with van der Waals surface area (Å²) in [6, 6.07) is 17.6. The van der Waals surface area contributed by atoms with Crippen molar-refractivity contribution < 1.29 is 9.53 Å². The second kappa shape index (κ2) is 6.41. The Morgan fingerprint density at radius 1 is 1.10 bits per heavy atom. The minimum Gasteiger partial charge on any atom is -0.493 e. The van der Waals surface area contributed by atoms with Crippen molar-refractivity contribution in [3.8, 4) is 5.75 Å². The quantitative estimate of drug-likeness (QED) is 0.906. The lowest BCUT2D eigenvalue weighted by Crippen LogP contribution is -2.33. The van der Waals surface area contributed by atoms with Crippen LogP contribution in [-0.4, -0.2) is 19.1 Å². The van der Waals surface area contributed by atoms with E-state index in [0.717, 1.165) is 23.4 Å². The van der Waals surface area contributed by atoms with Crippen molar-refractivity contribution in [2.45, 2.75) is 12.5 Å². The van der Waals surface area contributed by atoms with E-state index in [1.807, 2.05) is 54.6 Å². The molecule has 21 heavy (non-hydrogen) atoms. The molecule has 3 rings (SSSR count). The fraction of sp³-hybridized carbons (Fsp3) is 0.235. The zero-order valence-corrected chi connectivity index (χ0v) is 11.7. The minimum atomic E-state index is -0.0369. The van der Waals surface area contributed by atoms with Crippen LogP contribution in [0.1, 0.15) is 18.0 Å². The van der Waals surface area contributed by atoms with Gasteiger partial charge in [0.1, 0.15) is 5.75 Å². The molecule has 1 aliphatic heterocycles. The highest BCUT2D eigenvalue weighted by atomic mass is 16.5. The van der Waals surface area contributed by atoms with Crippen LogP contribution in [0.5, 0.6) is 5.75 Å². The van der Waals surface area contributed by atoms with Crippen LogP contribution in [0.4, 0.5) is 5.69 Å². The molecule has 2 N–H and O–H groups in total. The summed E-state index contributed by atoms with van der Waals surface area (Å²) in [7, 11) is 0. The zero-order valence-electron chi connectivity index (χ0n) is 11.7. The monoisotopic (exact) mass is 282 g/mol. The molecule has 0 aromatic heterocycles. The molecule has 1 amide bonds. The molecule has 2 aromatic carbocycles. The molecular weight excluding hydrogens is 264 g/mol. The maximum atomic E-state index is 12.0. The SMILES string of the molecule is O=C(CNC1CCOc2ccccc21)Nc1ccccc1. The first kappa shape index (κ1) is 13.6. The largest absolute Gasteiger partial charge is 0.493 e. The van der Waals surface area contributed by atoms with Gasteiger partial charge in [0, 0.05) is 23.7 Å². The van der Waals surface area contributed by atoms with Crippen molar-refractivity contribution in [3.05, 3.63) is 60.2 Å². The predicted octanol–water partition coefficient (Wildman–Crippen LogP) is 2.74. The van der Waals surface area contributed by atoms with E-state index >= 15 is 0 Å². The first-order valence-electron chi connectivity index (χ1n) is 7.13. The van der Waals surface area contributed by atoms with Gasteiger partial charge in [-0.25, -0.2) is 0 Å². The first-order chi connectivity index (χ1) is 10.3. The molecule has 0 spiro atoms. The second-order valence-corrected chi connectivity index (χ2v) is 5.02. The number of carbonyl (C=O) groups is 1. The van der Waals surface area contributed by atoms with Gasteiger partial charge in [-0.15, -0.1) is 0 Å². The van der Waals surface area contributed by atoms with Crippen molar-refractivity contribution in [1.29, 1.82) is 0 Å². The van der Waals surface area contributed by atoms with E-state index in [0.29, 0.717) is 6.61 Å². The number of amides is 1. The highest BCUT2D eigenvalue weighted by Gasteiger charge is 2.20. The van der Waals surface area contributed by atoms with Crippen LogP contribution >= 0.6 is 0 Å². The Morgan fingerprint density at radius 2 is 1.86 bits per heavy atom. The third kappa shape index (κ3) is 3.41. The highest BCUT2D eigenvalue weighted by molar-refractivity contribution is 5.92. The summed E-state index contributed by atoms with van der Waals surface area (Å²) in [5, 5.41) is 6.18. The lowest BCUT2D eigenvalue weighted by atomic mass is 10.0. The molecule has 2 aromatic rings. The molecule has 4 heteroatoms. The van der Waals surface area contributed by atoms with Crippen LogP contribution < -0.4 is 15.4 Å². The maximum Gasteiger partial charge on any atom is 0.238 e. The Bertz CT molecular complexity index is 613. The molecule has 0 bridgehead atoms. The normalized spacial score (nSPS) is 16.7. The summed E-state index contributed by atoms with van der Waals surface area (Å²) in [6.45, 7) is 0.961. The third-order valence-corrected chi connectivity index (χ3v) is 3.53. The second-order valence-electron chi connectivity index (χ2n) is 5.02. The Hall–Kier alpha value is -2.33. The molecule has 0 radical (unpaired) electrons. The molecule has 0 fully saturated rings. The van der Waals surface area contributed by atoms with Crippen LogP contribution in [0.15, 0.2) is 54.6 Å². The lowest BCUT2D eigenvalue weighted by molar-refractivity contribution is -0.115. The van der Waals surface area contributed by atoms with Gasteiger partial charge in [-0.2, -0.15) is 0 Å². The molecule has 108 valence electrons. The van der Waals surface area contributed by atoms with Crippen molar-refractivity contribution >= 4 is 11.6 Å². The molecule has 1 unspecified atom stereocenters. The number of fused-ring (bicyclic) bond motifs is 1. The van der Waals surface area contributed by atoms with Crippen molar-refractivity contribution in [2.75, 3.05) is 18.5 Å². The molecule has 1 heterocycles. The number of carbonyl (C=O) groups excluding carboxylic acids is 1. The molecule has 0 saturated heterocycles.